The first-order valence-corrected chi connectivity index (χ1v) is 11.8. The van der Waals surface area contributed by atoms with Crippen LogP contribution in [0.2, 0.25) is 0 Å². The number of ketones is 1. The van der Waals surface area contributed by atoms with Crippen LogP contribution in [-0.4, -0.2) is 33.9 Å². The Balaban J connectivity index is 1.72. The number of amides is 1. The number of nitrogens with one attached hydrogen (secondary N) is 1. The maximum atomic E-state index is 13.4. The van der Waals surface area contributed by atoms with Gasteiger partial charge in [-0.25, -0.2) is 4.98 Å². The number of aromatic amines is 1. The summed E-state index contributed by atoms with van der Waals surface area (Å²) in [6, 6.07) is 17.0. The number of Topliss-reactive ketones (excluding diaryl/α,β-unsaturated/α-hetero) is 1. The van der Waals surface area contributed by atoms with E-state index >= 15 is 0 Å². The number of fused-ring (bicyclic) bond motifs is 1. The van der Waals surface area contributed by atoms with Gasteiger partial charge in [0, 0.05) is 10.0 Å². The van der Waals surface area contributed by atoms with Crippen LogP contribution in [0.25, 0.3) is 16.8 Å². The van der Waals surface area contributed by atoms with E-state index in [1.165, 1.54) is 4.90 Å². The van der Waals surface area contributed by atoms with E-state index in [1.807, 2.05) is 26.0 Å². The highest BCUT2D eigenvalue weighted by Crippen LogP contribution is 2.42. The molecule has 1 unspecified atom stereocenters. The lowest BCUT2D eigenvalue weighted by Gasteiger charge is -2.23. The number of imidazole rings is 1. The van der Waals surface area contributed by atoms with E-state index in [1.54, 1.807) is 55.6 Å². The van der Waals surface area contributed by atoms with Gasteiger partial charge in [-0.05, 0) is 66.9 Å². The minimum absolute atomic E-state index is 0.00435. The summed E-state index contributed by atoms with van der Waals surface area (Å²) >= 11 is 3.38. The molecule has 8 heteroatoms. The lowest BCUT2D eigenvalue weighted by atomic mass is 9.95. The number of anilines is 1. The molecular formula is C27H22BrN3O4. The zero-order chi connectivity index (χ0) is 24.9. The smallest absolute Gasteiger partial charge is 0.302 e. The number of benzene rings is 3. The van der Waals surface area contributed by atoms with Gasteiger partial charge in [0.05, 0.1) is 29.8 Å². The summed E-state index contributed by atoms with van der Waals surface area (Å²) in [6.45, 7) is 3.99. The highest BCUT2D eigenvalue weighted by molar-refractivity contribution is 9.10. The number of carbonyl (C=O) groups is 2. The van der Waals surface area contributed by atoms with E-state index in [2.05, 4.69) is 25.9 Å². The Morgan fingerprint density at radius 3 is 2.34 bits per heavy atom. The number of aryl methyl sites for hydroxylation is 2. The molecule has 2 N–H and O–H groups in total. The first kappa shape index (κ1) is 22.9. The number of aliphatic hydroxyl groups is 1. The molecule has 5 rings (SSSR count). The highest BCUT2D eigenvalue weighted by atomic mass is 79.9. The molecule has 1 amide bonds. The molecule has 0 spiro atoms. The van der Waals surface area contributed by atoms with E-state index < -0.39 is 17.7 Å². The Hall–Kier alpha value is -3.91. The first-order chi connectivity index (χ1) is 16.8. The number of methoxy groups -OCH3 is 1. The van der Waals surface area contributed by atoms with Crippen molar-refractivity contribution in [3.63, 3.8) is 0 Å². The third-order valence-electron chi connectivity index (χ3n) is 6.31. The lowest BCUT2D eigenvalue weighted by molar-refractivity contribution is -0.132. The predicted molar refractivity (Wildman–Crippen MR) is 137 cm³/mol. The van der Waals surface area contributed by atoms with Crippen molar-refractivity contribution in [2.75, 3.05) is 12.0 Å². The van der Waals surface area contributed by atoms with E-state index in [0.29, 0.717) is 22.4 Å². The molecule has 176 valence electrons. The summed E-state index contributed by atoms with van der Waals surface area (Å²) in [6.07, 6.45) is 0. The van der Waals surface area contributed by atoms with Crippen molar-refractivity contribution in [2.45, 2.75) is 19.9 Å². The molecule has 1 atom stereocenters. The molecule has 0 saturated carbocycles. The number of hydrogen-bond acceptors (Lipinski definition) is 5. The molecule has 0 bridgehead atoms. The van der Waals surface area contributed by atoms with Gasteiger partial charge in [0.25, 0.3) is 5.78 Å². The average Bonchev–Trinajstić information content (AvgIpc) is 3.37. The van der Waals surface area contributed by atoms with Crippen LogP contribution >= 0.6 is 15.9 Å². The normalized spacial score (nSPS) is 17.4. The number of nitrogens with zero attached hydrogens (tertiary/aromatic N) is 2. The summed E-state index contributed by atoms with van der Waals surface area (Å²) in [5.74, 6) is -0.922. The van der Waals surface area contributed by atoms with Crippen LogP contribution in [0.3, 0.4) is 0 Å². The Labute approximate surface area is 210 Å². The summed E-state index contributed by atoms with van der Waals surface area (Å²) in [7, 11) is 1.56. The van der Waals surface area contributed by atoms with Crippen LogP contribution in [-0.2, 0) is 9.59 Å². The standard InChI is InChI=1S/C27H22BrN3O4/c1-14-12-20-21(13-15(14)2)30-27(29-20)31-23(16-6-10-19(35-3)11-7-16)22(25(33)26(31)34)24(32)17-4-8-18(28)9-5-17/h4-13,23,32H,1-3H3,(H,29,30)/b24-22+. The maximum absolute atomic E-state index is 13.4. The molecule has 1 saturated heterocycles. The molecule has 1 aliphatic rings. The zero-order valence-electron chi connectivity index (χ0n) is 19.3. The third-order valence-corrected chi connectivity index (χ3v) is 6.84. The number of aliphatic hydroxyl groups excluding tert-OH is 1. The predicted octanol–water partition coefficient (Wildman–Crippen LogP) is 5.58. The molecule has 1 aliphatic heterocycles. The number of aromatic nitrogens is 2. The van der Waals surface area contributed by atoms with Crippen molar-refractivity contribution in [3.05, 3.63) is 93.0 Å². The number of carbonyl (C=O) groups excluding carboxylic acids is 2. The Kier molecular flexibility index (Phi) is 5.68. The van der Waals surface area contributed by atoms with Gasteiger partial charge in [-0.2, -0.15) is 0 Å². The Bertz CT molecular complexity index is 1470. The molecular weight excluding hydrogens is 510 g/mol. The lowest BCUT2D eigenvalue weighted by Crippen LogP contribution is -2.30. The summed E-state index contributed by atoms with van der Waals surface area (Å²) in [5, 5.41) is 11.2. The molecule has 3 aromatic carbocycles. The second-order valence-electron chi connectivity index (χ2n) is 8.46. The van der Waals surface area contributed by atoms with E-state index in [4.69, 9.17) is 4.74 Å². The minimum Gasteiger partial charge on any atom is -0.507 e. The number of ether oxygens (including phenoxy) is 1. The average molecular weight is 532 g/mol. The van der Waals surface area contributed by atoms with Crippen LogP contribution in [0.5, 0.6) is 5.75 Å². The summed E-state index contributed by atoms with van der Waals surface area (Å²) < 4.78 is 6.10. The number of hydrogen-bond donors (Lipinski definition) is 2. The van der Waals surface area contributed by atoms with Crippen molar-refractivity contribution < 1.29 is 19.4 Å². The molecule has 2 heterocycles. The molecule has 4 aromatic rings. The number of halogens is 1. The SMILES string of the molecule is COc1ccc(C2/C(=C(\O)c3ccc(Br)cc3)C(=O)C(=O)N2c2nc3cc(C)c(C)cc3[nH]2)cc1. The summed E-state index contributed by atoms with van der Waals surface area (Å²) in [4.78, 5) is 35.8. The Morgan fingerprint density at radius 1 is 1.03 bits per heavy atom. The van der Waals surface area contributed by atoms with E-state index in [-0.39, 0.29) is 17.3 Å². The second-order valence-corrected chi connectivity index (χ2v) is 9.38. The Morgan fingerprint density at radius 2 is 1.69 bits per heavy atom. The number of H-pyrrole nitrogens is 1. The fourth-order valence-corrected chi connectivity index (χ4v) is 4.55. The van der Waals surface area contributed by atoms with Crippen molar-refractivity contribution in [3.8, 4) is 5.75 Å². The first-order valence-electron chi connectivity index (χ1n) is 11.0. The van der Waals surface area contributed by atoms with Crippen molar-refractivity contribution in [1.29, 1.82) is 0 Å². The molecule has 35 heavy (non-hydrogen) atoms. The third kappa shape index (κ3) is 3.89. The van der Waals surface area contributed by atoms with Crippen LogP contribution in [0.4, 0.5) is 5.95 Å². The molecule has 0 aliphatic carbocycles. The number of rotatable bonds is 4. The molecule has 1 aromatic heterocycles. The molecule has 0 radical (unpaired) electrons. The van der Waals surface area contributed by atoms with Gasteiger partial charge < -0.3 is 14.8 Å². The quantitative estimate of drug-likeness (QED) is 0.203. The second kappa shape index (κ2) is 8.70. The van der Waals surface area contributed by atoms with Gasteiger partial charge in [-0.15, -0.1) is 0 Å². The van der Waals surface area contributed by atoms with Crippen LogP contribution in [0.15, 0.2) is 70.7 Å². The van der Waals surface area contributed by atoms with Crippen molar-refractivity contribution in [1.82, 2.24) is 9.97 Å². The van der Waals surface area contributed by atoms with E-state index in [0.717, 1.165) is 21.1 Å². The minimum atomic E-state index is -0.882. The summed E-state index contributed by atoms with van der Waals surface area (Å²) in [5.41, 5.74) is 4.65. The monoisotopic (exact) mass is 531 g/mol. The fraction of sp³-hybridized carbons (Fsp3) is 0.148. The topological polar surface area (TPSA) is 95.5 Å². The maximum Gasteiger partial charge on any atom is 0.302 e. The van der Waals surface area contributed by atoms with Crippen molar-refractivity contribution >= 4 is 50.4 Å². The van der Waals surface area contributed by atoms with Crippen molar-refractivity contribution in [2.24, 2.45) is 0 Å². The van der Waals surface area contributed by atoms with Gasteiger partial charge in [0.2, 0.25) is 5.95 Å². The van der Waals surface area contributed by atoms with Gasteiger partial charge in [-0.3, -0.25) is 14.5 Å². The molecule has 1 fully saturated rings. The van der Waals surface area contributed by atoms with E-state index in [9.17, 15) is 14.7 Å². The zero-order valence-corrected chi connectivity index (χ0v) is 20.9. The van der Waals surface area contributed by atoms with Gasteiger partial charge >= 0.3 is 5.91 Å². The largest absolute Gasteiger partial charge is 0.507 e. The van der Waals surface area contributed by atoms with Gasteiger partial charge in [0.1, 0.15) is 11.5 Å². The fourth-order valence-electron chi connectivity index (χ4n) is 4.29. The van der Waals surface area contributed by atoms with Crippen LogP contribution in [0.1, 0.15) is 28.3 Å². The molecule has 7 nitrogen and oxygen atoms in total. The highest BCUT2D eigenvalue weighted by Gasteiger charge is 2.48. The van der Waals surface area contributed by atoms with Gasteiger partial charge in [-0.1, -0.05) is 40.2 Å². The van der Waals surface area contributed by atoms with Gasteiger partial charge in [0.15, 0.2) is 0 Å². The van der Waals surface area contributed by atoms with Crippen LogP contribution < -0.4 is 9.64 Å². The van der Waals surface area contributed by atoms with Crippen LogP contribution in [0, 0.1) is 13.8 Å².